The smallest absolute Gasteiger partial charge is 0.260 e. The molecular weight excluding hydrogens is 289 g/mol. The van der Waals surface area contributed by atoms with Crippen LogP contribution < -0.4 is 5.32 Å². The molecule has 0 aliphatic heterocycles. The molecule has 100 valence electrons. The second-order valence-corrected chi connectivity index (χ2v) is 5.77. The number of halogens is 2. The molecule has 1 N–H and O–H groups in total. The molecule has 0 fully saturated rings. The van der Waals surface area contributed by atoms with Crippen molar-refractivity contribution < 1.29 is 9.32 Å². The first kappa shape index (κ1) is 13.8. The van der Waals surface area contributed by atoms with Gasteiger partial charge in [0.1, 0.15) is 0 Å². The van der Waals surface area contributed by atoms with Crippen LogP contribution in [0.1, 0.15) is 12.8 Å². The minimum atomic E-state index is -1.49. The maximum Gasteiger partial charge on any atom is 0.260 e. The van der Waals surface area contributed by atoms with Gasteiger partial charge in [-0.05, 0) is 19.1 Å². The number of carbonyl (C=O) groups is 1. The first-order valence-electron chi connectivity index (χ1n) is 5.46. The molecule has 1 amide bonds. The Kier molecular flexibility index (Phi) is 3.78. The summed E-state index contributed by atoms with van der Waals surface area (Å²) in [6, 6.07) is 6.99. The summed E-state index contributed by atoms with van der Waals surface area (Å²) >= 11 is 11.4. The standard InChI is InChI=1S/C12H11Cl2N3O2/c1-7-15-10(17-19-7)8-4-3-5-9(6-8)16-11(18)12(2,13)14/h3-6H,1-2H3,(H,16,18). The van der Waals surface area contributed by atoms with Gasteiger partial charge in [0.05, 0.1) is 0 Å². The van der Waals surface area contributed by atoms with Crippen molar-refractivity contribution in [2.75, 3.05) is 5.32 Å². The molecular formula is C12H11Cl2N3O2. The number of benzene rings is 1. The molecule has 0 atom stereocenters. The number of aryl methyl sites for hydroxylation is 1. The van der Waals surface area contributed by atoms with E-state index in [-0.39, 0.29) is 0 Å². The van der Waals surface area contributed by atoms with Gasteiger partial charge in [0.2, 0.25) is 11.7 Å². The lowest BCUT2D eigenvalue weighted by Crippen LogP contribution is -2.29. The van der Waals surface area contributed by atoms with Crippen LogP contribution in [0.15, 0.2) is 28.8 Å². The molecule has 1 aromatic heterocycles. The number of rotatable bonds is 3. The van der Waals surface area contributed by atoms with Crippen LogP contribution in [0.5, 0.6) is 0 Å². The van der Waals surface area contributed by atoms with E-state index >= 15 is 0 Å². The van der Waals surface area contributed by atoms with Crippen molar-refractivity contribution in [3.05, 3.63) is 30.2 Å². The van der Waals surface area contributed by atoms with Crippen molar-refractivity contribution in [1.29, 1.82) is 0 Å². The number of carbonyl (C=O) groups excluding carboxylic acids is 1. The van der Waals surface area contributed by atoms with Gasteiger partial charge in [-0.2, -0.15) is 4.98 Å². The molecule has 19 heavy (non-hydrogen) atoms. The van der Waals surface area contributed by atoms with E-state index in [9.17, 15) is 4.79 Å². The van der Waals surface area contributed by atoms with Gasteiger partial charge >= 0.3 is 0 Å². The monoisotopic (exact) mass is 299 g/mol. The number of hydrogen-bond donors (Lipinski definition) is 1. The average Bonchev–Trinajstić information content (AvgIpc) is 2.75. The van der Waals surface area contributed by atoms with E-state index in [0.29, 0.717) is 17.4 Å². The van der Waals surface area contributed by atoms with E-state index in [1.54, 1.807) is 31.2 Å². The number of nitrogens with zero attached hydrogens (tertiary/aromatic N) is 2. The van der Waals surface area contributed by atoms with Crippen molar-refractivity contribution in [3.8, 4) is 11.4 Å². The molecule has 0 aliphatic rings. The molecule has 2 aromatic rings. The Balaban J connectivity index is 2.23. The van der Waals surface area contributed by atoms with Gasteiger partial charge < -0.3 is 9.84 Å². The third-order valence-electron chi connectivity index (χ3n) is 2.30. The summed E-state index contributed by atoms with van der Waals surface area (Å²) < 4.78 is 3.42. The van der Waals surface area contributed by atoms with Crippen LogP contribution in [-0.4, -0.2) is 20.4 Å². The van der Waals surface area contributed by atoms with Crippen LogP contribution >= 0.6 is 23.2 Å². The second-order valence-electron chi connectivity index (χ2n) is 4.06. The van der Waals surface area contributed by atoms with Gasteiger partial charge in [-0.3, -0.25) is 4.79 Å². The zero-order chi connectivity index (χ0) is 14.0. The Labute approximate surface area is 119 Å². The second kappa shape index (κ2) is 5.19. The molecule has 5 nitrogen and oxygen atoms in total. The highest BCUT2D eigenvalue weighted by Gasteiger charge is 2.27. The fourth-order valence-electron chi connectivity index (χ4n) is 1.39. The maximum atomic E-state index is 11.7. The Hall–Kier alpha value is -1.59. The molecule has 0 saturated heterocycles. The minimum absolute atomic E-state index is 0.452. The van der Waals surface area contributed by atoms with Crippen molar-refractivity contribution in [1.82, 2.24) is 10.1 Å². The lowest BCUT2D eigenvalue weighted by molar-refractivity contribution is -0.116. The number of aromatic nitrogens is 2. The first-order chi connectivity index (χ1) is 8.86. The molecule has 0 unspecified atom stereocenters. The van der Waals surface area contributed by atoms with Gasteiger partial charge in [0.25, 0.3) is 5.91 Å². The molecule has 0 saturated carbocycles. The minimum Gasteiger partial charge on any atom is -0.339 e. The average molecular weight is 300 g/mol. The Morgan fingerprint density at radius 1 is 1.42 bits per heavy atom. The van der Waals surface area contributed by atoms with Gasteiger partial charge in [-0.1, -0.05) is 40.5 Å². The van der Waals surface area contributed by atoms with Crippen molar-refractivity contribution in [3.63, 3.8) is 0 Å². The Morgan fingerprint density at radius 3 is 2.74 bits per heavy atom. The fourth-order valence-corrected chi connectivity index (χ4v) is 1.49. The number of anilines is 1. The molecule has 1 heterocycles. The molecule has 0 aliphatic carbocycles. The quantitative estimate of drug-likeness (QED) is 0.884. The van der Waals surface area contributed by atoms with E-state index in [1.807, 2.05) is 0 Å². The SMILES string of the molecule is Cc1nc(-c2cccc(NC(=O)C(C)(Cl)Cl)c2)no1. The van der Waals surface area contributed by atoms with Gasteiger partial charge in [0, 0.05) is 18.2 Å². The van der Waals surface area contributed by atoms with Crippen molar-refractivity contribution >= 4 is 34.8 Å². The molecule has 2 rings (SSSR count). The number of hydrogen-bond acceptors (Lipinski definition) is 4. The molecule has 0 bridgehead atoms. The van der Waals surface area contributed by atoms with Crippen molar-refractivity contribution in [2.45, 2.75) is 18.2 Å². The van der Waals surface area contributed by atoms with Crippen LogP contribution in [0, 0.1) is 6.92 Å². The zero-order valence-corrected chi connectivity index (χ0v) is 11.8. The van der Waals surface area contributed by atoms with E-state index in [1.165, 1.54) is 6.92 Å². The number of nitrogens with one attached hydrogen (secondary N) is 1. The summed E-state index contributed by atoms with van der Waals surface area (Å²) in [5.41, 5.74) is 1.28. The van der Waals surface area contributed by atoms with Crippen molar-refractivity contribution in [2.24, 2.45) is 0 Å². The maximum absolute atomic E-state index is 11.7. The predicted octanol–water partition coefficient (Wildman–Crippen LogP) is 3.18. The Morgan fingerprint density at radius 2 is 2.16 bits per heavy atom. The highest BCUT2D eigenvalue weighted by atomic mass is 35.5. The summed E-state index contributed by atoms with van der Waals surface area (Å²) in [7, 11) is 0. The normalized spacial score (nSPS) is 11.4. The van der Waals surface area contributed by atoms with Crippen LogP contribution in [-0.2, 0) is 4.79 Å². The van der Waals surface area contributed by atoms with Gasteiger partial charge in [-0.15, -0.1) is 0 Å². The fraction of sp³-hybridized carbons (Fsp3) is 0.250. The van der Waals surface area contributed by atoms with E-state index in [4.69, 9.17) is 27.7 Å². The highest BCUT2D eigenvalue weighted by Crippen LogP contribution is 2.24. The first-order valence-corrected chi connectivity index (χ1v) is 6.22. The molecule has 1 aromatic carbocycles. The molecule has 0 spiro atoms. The third-order valence-corrected chi connectivity index (χ3v) is 2.65. The largest absolute Gasteiger partial charge is 0.339 e. The number of amides is 1. The summed E-state index contributed by atoms with van der Waals surface area (Å²) in [5, 5.41) is 6.41. The van der Waals surface area contributed by atoms with Crippen LogP contribution in [0.2, 0.25) is 0 Å². The lowest BCUT2D eigenvalue weighted by atomic mass is 10.2. The van der Waals surface area contributed by atoms with E-state index in [0.717, 1.165) is 5.56 Å². The van der Waals surface area contributed by atoms with E-state index in [2.05, 4.69) is 15.5 Å². The molecule has 0 radical (unpaired) electrons. The Bertz CT molecular complexity index is 605. The van der Waals surface area contributed by atoms with Crippen LogP contribution in [0.25, 0.3) is 11.4 Å². The van der Waals surface area contributed by atoms with Crippen LogP contribution in [0.4, 0.5) is 5.69 Å². The topological polar surface area (TPSA) is 68.0 Å². The third kappa shape index (κ3) is 3.45. The molecule has 7 heteroatoms. The number of alkyl halides is 2. The van der Waals surface area contributed by atoms with Gasteiger partial charge in [-0.25, -0.2) is 0 Å². The predicted molar refractivity (Wildman–Crippen MR) is 73.2 cm³/mol. The highest BCUT2D eigenvalue weighted by molar-refractivity contribution is 6.58. The van der Waals surface area contributed by atoms with E-state index < -0.39 is 10.2 Å². The van der Waals surface area contributed by atoms with Gasteiger partial charge in [0.15, 0.2) is 4.33 Å². The summed E-state index contributed by atoms with van der Waals surface area (Å²) in [5.74, 6) is 0.420. The summed E-state index contributed by atoms with van der Waals surface area (Å²) in [6.07, 6.45) is 0. The summed E-state index contributed by atoms with van der Waals surface area (Å²) in [6.45, 7) is 3.10. The summed E-state index contributed by atoms with van der Waals surface area (Å²) in [4.78, 5) is 15.8. The lowest BCUT2D eigenvalue weighted by Gasteiger charge is -2.13. The van der Waals surface area contributed by atoms with Crippen LogP contribution in [0.3, 0.4) is 0 Å². The zero-order valence-electron chi connectivity index (χ0n) is 10.3.